The Labute approximate surface area is 256 Å². The highest BCUT2D eigenvalue weighted by molar-refractivity contribution is 6.32. The number of nitrogens with zero attached hydrogens (tertiary/aromatic N) is 6. The van der Waals surface area contributed by atoms with Crippen molar-refractivity contribution in [2.24, 2.45) is 0 Å². The first-order chi connectivity index (χ1) is 20.9. The van der Waals surface area contributed by atoms with Crippen LogP contribution >= 0.6 is 11.6 Å². The Bertz CT molecular complexity index is 1580. The molecule has 15 heteroatoms. The second-order valence-corrected chi connectivity index (χ2v) is 12.3. The fraction of sp³-hybridized carbons (Fsp3) is 0.552. The van der Waals surface area contributed by atoms with Gasteiger partial charge in [0.2, 0.25) is 5.88 Å². The maximum absolute atomic E-state index is 16.5. The lowest BCUT2D eigenvalue weighted by Gasteiger charge is -2.31. The average Bonchev–Trinajstić information content (AvgIpc) is 3.39. The molecule has 44 heavy (non-hydrogen) atoms. The summed E-state index contributed by atoms with van der Waals surface area (Å²) in [6.45, 7) is 2.92. The summed E-state index contributed by atoms with van der Waals surface area (Å²) in [5.41, 5.74) is 2.32. The van der Waals surface area contributed by atoms with Gasteiger partial charge in [0.25, 0.3) is 0 Å². The highest BCUT2D eigenvalue weighted by Gasteiger charge is 2.49. The lowest BCUT2D eigenvalue weighted by atomic mass is 9.95. The van der Waals surface area contributed by atoms with Crippen LogP contribution in [0.25, 0.3) is 22.2 Å². The SMILES string of the molecule is CN(C)CCCN1CCOc2nc(-c3cc(N)cc(Cl)c3C(F)(F)F)c(F)c3nc(OC[C@@]45CCCN4C[C@H](F)C5)nc1c23. The third kappa shape index (κ3) is 5.67. The monoisotopic (exact) mass is 641 g/mol. The maximum Gasteiger partial charge on any atom is 0.418 e. The van der Waals surface area contributed by atoms with Gasteiger partial charge in [-0.15, -0.1) is 0 Å². The second kappa shape index (κ2) is 11.6. The molecule has 6 rings (SSSR count). The number of pyridine rings is 1. The molecule has 3 aliphatic heterocycles. The predicted molar refractivity (Wildman–Crippen MR) is 157 cm³/mol. The summed E-state index contributed by atoms with van der Waals surface area (Å²) >= 11 is 5.98. The first-order valence-electron chi connectivity index (χ1n) is 14.5. The number of alkyl halides is 4. The Hall–Kier alpha value is -3.23. The van der Waals surface area contributed by atoms with Crippen LogP contribution in [0.15, 0.2) is 12.1 Å². The van der Waals surface area contributed by atoms with Crippen molar-refractivity contribution in [2.75, 3.05) is 70.7 Å². The molecular weight excluding hydrogens is 609 g/mol. The van der Waals surface area contributed by atoms with E-state index in [0.717, 1.165) is 44.5 Å². The quantitative estimate of drug-likeness (QED) is 0.264. The van der Waals surface area contributed by atoms with E-state index in [1.165, 1.54) is 0 Å². The van der Waals surface area contributed by atoms with Crippen LogP contribution in [0.2, 0.25) is 5.02 Å². The zero-order valence-electron chi connectivity index (χ0n) is 24.4. The van der Waals surface area contributed by atoms with E-state index in [1.54, 1.807) is 0 Å². The fourth-order valence-electron chi connectivity index (χ4n) is 6.58. The van der Waals surface area contributed by atoms with Gasteiger partial charge < -0.3 is 25.0 Å². The third-order valence-corrected chi connectivity index (χ3v) is 8.83. The van der Waals surface area contributed by atoms with Crippen LogP contribution < -0.4 is 20.1 Å². The first-order valence-corrected chi connectivity index (χ1v) is 14.9. The number of nitrogen functional groups attached to an aromatic ring is 1. The largest absolute Gasteiger partial charge is 0.475 e. The molecule has 1 aromatic carbocycles. The van der Waals surface area contributed by atoms with Gasteiger partial charge in [0.05, 0.1) is 22.7 Å². The van der Waals surface area contributed by atoms with Gasteiger partial charge in [0.1, 0.15) is 41.8 Å². The molecule has 9 nitrogen and oxygen atoms in total. The van der Waals surface area contributed by atoms with Crippen molar-refractivity contribution in [3.05, 3.63) is 28.5 Å². The summed E-state index contributed by atoms with van der Waals surface area (Å²) in [5.74, 6) is -0.948. The number of ether oxygens (including phenoxy) is 2. The van der Waals surface area contributed by atoms with Crippen LogP contribution in [0, 0.1) is 5.82 Å². The van der Waals surface area contributed by atoms with E-state index < -0.39 is 45.5 Å². The summed E-state index contributed by atoms with van der Waals surface area (Å²) in [6, 6.07) is 1.76. The molecule has 2 atom stereocenters. The van der Waals surface area contributed by atoms with Gasteiger partial charge >= 0.3 is 12.2 Å². The molecule has 0 radical (unpaired) electrons. The third-order valence-electron chi connectivity index (χ3n) is 8.53. The van der Waals surface area contributed by atoms with E-state index in [1.807, 2.05) is 23.9 Å². The Balaban J connectivity index is 1.50. The molecule has 0 spiro atoms. The minimum absolute atomic E-state index is 0.0883. The van der Waals surface area contributed by atoms with E-state index in [0.29, 0.717) is 31.9 Å². The average molecular weight is 642 g/mol. The van der Waals surface area contributed by atoms with Crippen molar-refractivity contribution < 1.29 is 31.4 Å². The summed E-state index contributed by atoms with van der Waals surface area (Å²) in [6.07, 6.45) is -3.23. The van der Waals surface area contributed by atoms with Gasteiger partial charge in [0.15, 0.2) is 5.82 Å². The van der Waals surface area contributed by atoms with Gasteiger partial charge in [-0.1, -0.05) is 11.6 Å². The van der Waals surface area contributed by atoms with Gasteiger partial charge in [-0.25, -0.2) is 13.8 Å². The molecule has 2 N–H and O–H groups in total. The van der Waals surface area contributed by atoms with Gasteiger partial charge in [-0.05, 0) is 58.6 Å². The number of halogens is 6. The molecule has 3 aliphatic rings. The molecule has 2 fully saturated rings. The molecule has 3 aromatic rings. The van der Waals surface area contributed by atoms with Gasteiger partial charge in [-0.3, -0.25) is 4.90 Å². The number of hydrogen-bond acceptors (Lipinski definition) is 9. The van der Waals surface area contributed by atoms with E-state index in [2.05, 4.69) is 19.9 Å². The number of anilines is 2. The zero-order chi connectivity index (χ0) is 31.4. The standard InChI is InChI=1S/C29H33ClF5N7O2/c1-40(2)6-4-7-41-9-10-43-26-20-24(22(32)23(37-26)18-11-17(36)12-19(30)21(18)29(33,34)35)38-27(39-25(20)41)44-15-28-5-3-8-42(28)14-16(31)13-28/h11-12,16H,3-10,13-15,36H2,1-2H3/t16-,28+/m1/s1. The van der Waals surface area contributed by atoms with Crippen LogP contribution in [0.5, 0.6) is 11.9 Å². The summed E-state index contributed by atoms with van der Waals surface area (Å²) in [4.78, 5) is 19.2. The number of rotatable bonds is 8. The van der Waals surface area contributed by atoms with Crippen molar-refractivity contribution in [1.29, 1.82) is 0 Å². The topological polar surface area (TPSA) is 92.9 Å². The zero-order valence-corrected chi connectivity index (χ0v) is 25.1. The van der Waals surface area contributed by atoms with Gasteiger partial charge in [0, 0.05) is 30.8 Å². The molecule has 238 valence electrons. The normalized spacial score (nSPS) is 22.0. The van der Waals surface area contributed by atoms with E-state index in [-0.39, 0.29) is 41.7 Å². The van der Waals surface area contributed by atoms with E-state index in [4.69, 9.17) is 26.8 Å². The number of benzene rings is 1. The van der Waals surface area contributed by atoms with Crippen molar-refractivity contribution in [3.8, 4) is 23.1 Å². The molecule has 0 unspecified atom stereocenters. The van der Waals surface area contributed by atoms with Crippen molar-refractivity contribution in [2.45, 2.75) is 43.6 Å². The fourth-order valence-corrected chi connectivity index (χ4v) is 6.92. The number of nitrogens with two attached hydrogens (primary N) is 1. The van der Waals surface area contributed by atoms with Crippen LogP contribution in [0.1, 0.15) is 31.2 Å². The molecular formula is C29H33ClF5N7O2. The lowest BCUT2D eigenvalue weighted by molar-refractivity contribution is -0.137. The minimum atomic E-state index is -4.94. The van der Waals surface area contributed by atoms with Gasteiger partial charge in [-0.2, -0.15) is 23.1 Å². The molecule has 2 aromatic heterocycles. The minimum Gasteiger partial charge on any atom is -0.475 e. The smallest absolute Gasteiger partial charge is 0.418 e. The Morgan fingerprint density at radius 2 is 2.00 bits per heavy atom. The lowest BCUT2D eigenvalue weighted by Crippen LogP contribution is -2.43. The molecule has 0 saturated carbocycles. The van der Waals surface area contributed by atoms with Crippen molar-refractivity contribution in [3.63, 3.8) is 0 Å². The number of hydrogen-bond donors (Lipinski definition) is 1. The van der Waals surface area contributed by atoms with Crippen molar-refractivity contribution >= 4 is 34.0 Å². The van der Waals surface area contributed by atoms with E-state index >= 15 is 4.39 Å². The Morgan fingerprint density at radius 1 is 1.20 bits per heavy atom. The predicted octanol–water partition coefficient (Wildman–Crippen LogP) is 5.19. The van der Waals surface area contributed by atoms with Crippen LogP contribution in [0.4, 0.5) is 33.5 Å². The molecule has 2 saturated heterocycles. The number of aromatic nitrogens is 3. The van der Waals surface area contributed by atoms with Crippen LogP contribution in [-0.2, 0) is 6.18 Å². The highest BCUT2D eigenvalue weighted by atomic mass is 35.5. The van der Waals surface area contributed by atoms with Crippen LogP contribution in [-0.4, -0.2) is 96.5 Å². The first kappa shape index (κ1) is 30.8. The van der Waals surface area contributed by atoms with E-state index in [9.17, 15) is 17.6 Å². The Morgan fingerprint density at radius 3 is 2.75 bits per heavy atom. The highest BCUT2D eigenvalue weighted by Crippen LogP contribution is 2.46. The van der Waals surface area contributed by atoms with Crippen molar-refractivity contribution in [1.82, 2.24) is 24.8 Å². The summed E-state index contributed by atoms with van der Waals surface area (Å²) < 4.78 is 85.4. The Kier molecular flexibility index (Phi) is 8.12. The maximum atomic E-state index is 16.5. The van der Waals surface area contributed by atoms with Crippen LogP contribution in [0.3, 0.4) is 0 Å². The summed E-state index contributed by atoms with van der Waals surface area (Å²) in [7, 11) is 3.90. The number of fused-ring (bicyclic) bond motifs is 1. The molecule has 0 aliphatic carbocycles. The molecule has 0 amide bonds. The summed E-state index contributed by atoms with van der Waals surface area (Å²) in [5, 5.41) is -0.571. The second-order valence-electron chi connectivity index (χ2n) is 11.9. The molecule has 0 bridgehead atoms. The molecule has 5 heterocycles.